The topological polar surface area (TPSA) is 73.3 Å². The number of amides is 1. The van der Waals surface area contributed by atoms with Crippen LogP contribution in [-0.4, -0.2) is 20.3 Å². The van der Waals surface area contributed by atoms with Crippen molar-refractivity contribution in [1.29, 1.82) is 0 Å². The van der Waals surface area contributed by atoms with Crippen molar-refractivity contribution in [3.8, 4) is 22.3 Å². The zero-order chi connectivity index (χ0) is 18.3. The Bertz CT molecular complexity index is 1150. The summed E-state index contributed by atoms with van der Waals surface area (Å²) in [7, 11) is 0. The largest absolute Gasteiger partial charge is 0.366 e. The summed E-state index contributed by atoms with van der Waals surface area (Å²) in [6, 6.07) is 10.1. The summed E-state index contributed by atoms with van der Waals surface area (Å²) in [5.74, 6) is -1.00. The molecule has 0 aliphatic rings. The van der Waals surface area contributed by atoms with Crippen LogP contribution in [0.5, 0.6) is 0 Å². The summed E-state index contributed by atoms with van der Waals surface area (Å²) in [4.78, 5) is 20.7. The lowest BCUT2D eigenvalue weighted by Gasteiger charge is -2.16. The van der Waals surface area contributed by atoms with Crippen LogP contribution in [0, 0.1) is 12.7 Å². The molecule has 26 heavy (non-hydrogen) atoms. The maximum absolute atomic E-state index is 14.5. The number of hydrogen-bond donors (Lipinski definition) is 1. The first-order valence-electron chi connectivity index (χ1n) is 8.03. The molecule has 0 radical (unpaired) electrons. The highest BCUT2D eigenvalue weighted by atomic mass is 19.1. The summed E-state index contributed by atoms with van der Waals surface area (Å²) in [5.41, 5.74) is 9.39. The minimum atomic E-state index is -0.607. The Balaban J connectivity index is 2.16. The molecule has 6 heteroatoms. The fraction of sp³-hybridized carbons (Fsp3) is 0.0500. The van der Waals surface area contributed by atoms with E-state index in [9.17, 15) is 9.18 Å². The zero-order valence-electron chi connectivity index (χ0n) is 14.0. The van der Waals surface area contributed by atoms with E-state index in [-0.39, 0.29) is 5.56 Å². The van der Waals surface area contributed by atoms with Crippen LogP contribution < -0.4 is 5.73 Å². The van der Waals surface area contributed by atoms with Crippen LogP contribution >= 0.6 is 0 Å². The predicted molar refractivity (Wildman–Crippen MR) is 97.1 cm³/mol. The van der Waals surface area contributed by atoms with Gasteiger partial charge < -0.3 is 10.1 Å². The van der Waals surface area contributed by atoms with E-state index >= 15 is 0 Å². The second kappa shape index (κ2) is 6.07. The van der Waals surface area contributed by atoms with Crippen molar-refractivity contribution in [2.75, 3.05) is 0 Å². The van der Waals surface area contributed by atoms with Gasteiger partial charge in [-0.05, 0) is 19.1 Å². The van der Waals surface area contributed by atoms with Gasteiger partial charge in [-0.25, -0.2) is 9.37 Å². The van der Waals surface area contributed by atoms with Gasteiger partial charge >= 0.3 is 0 Å². The number of aromatic nitrogens is 3. The molecule has 0 unspecified atom stereocenters. The third-order valence-electron chi connectivity index (χ3n) is 4.40. The minimum Gasteiger partial charge on any atom is -0.366 e. The average Bonchev–Trinajstić information content (AvgIpc) is 3.10. The van der Waals surface area contributed by atoms with Gasteiger partial charge in [0.25, 0.3) is 5.91 Å². The number of carbonyl (C=O) groups excluding carboxylic acids is 1. The predicted octanol–water partition coefficient (Wildman–Crippen LogP) is 3.61. The second-order valence-electron chi connectivity index (χ2n) is 5.96. The molecule has 4 aromatic rings. The molecule has 3 heterocycles. The van der Waals surface area contributed by atoms with E-state index in [2.05, 4.69) is 9.97 Å². The highest BCUT2D eigenvalue weighted by Crippen LogP contribution is 2.38. The van der Waals surface area contributed by atoms with E-state index in [1.54, 1.807) is 43.8 Å². The van der Waals surface area contributed by atoms with Crippen molar-refractivity contribution in [1.82, 2.24) is 14.4 Å². The number of halogens is 1. The standard InChI is InChI=1S/C20H15FN4O/c1-12-18(20(22)26)19(14-6-4-8-25-11-23-10-17(14)25)15(9-24-12)13-5-2-3-7-16(13)21/h2-11H,1H3,(H2,22,26). The molecule has 0 atom stereocenters. The first-order chi connectivity index (χ1) is 12.6. The normalized spacial score (nSPS) is 11.0. The van der Waals surface area contributed by atoms with E-state index in [4.69, 9.17) is 5.73 Å². The fourth-order valence-corrected chi connectivity index (χ4v) is 3.23. The lowest BCUT2D eigenvalue weighted by atomic mass is 9.90. The molecule has 0 saturated heterocycles. The smallest absolute Gasteiger partial charge is 0.251 e. The Morgan fingerprint density at radius 3 is 2.62 bits per heavy atom. The van der Waals surface area contributed by atoms with Crippen molar-refractivity contribution in [3.05, 3.63) is 78.4 Å². The van der Waals surface area contributed by atoms with Crippen LogP contribution in [0.1, 0.15) is 16.1 Å². The van der Waals surface area contributed by atoms with Gasteiger partial charge in [0.05, 0.1) is 29.3 Å². The van der Waals surface area contributed by atoms with Crippen molar-refractivity contribution >= 4 is 11.4 Å². The molecule has 4 rings (SSSR count). The van der Waals surface area contributed by atoms with Crippen LogP contribution in [0.4, 0.5) is 4.39 Å². The van der Waals surface area contributed by atoms with Gasteiger partial charge in [-0.15, -0.1) is 0 Å². The molecule has 128 valence electrons. The number of rotatable bonds is 3. The molecule has 2 N–H and O–H groups in total. The summed E-state index contributed by atoms with van der Waals surface area (Å²) in [5, 5.41) is 0. The fourth-order valence-electron chi connectivity index (χ4n) is 3.23. The molecule has 1 amide bonds. The molecular formula is C20H15FN4O. The quantitative estimate of drug-likeness (QED) is 0.616. The van der Waals surface area contributed by atoms with Crippen molar-refractivity contribution in [2.24, 2.45) is 5.73 Å². The highest BCUT2D eigenvalue weighted by Gasteiger charge is 2.22. The van der Waals surface area contributed by atoms with Gasteiger partial charge in [-0.3, -0.25) is 9.78 Å². The number of hydrogen-bond acceptors (Lipinski definition) is 3. The Hall–Kier alpha value is -3.54. The molecule has 0 aliphatic heterocycles. The molecule has 0 saturated carbocycles. The number of pyridine rings is 2. The molecule has 0 bridgehead atoms. The molecule has 5 nitrogen and oxygen atoms in total. The van der Waals surface area contributed by atoms with Crippen LogP contribution in [0.3, 0.4) is 0 Å². The summed E-state index contributed by atoms with van der Waals surface area (Å²) >= 11 is 0. The molecule has 3 aromatic heterocycles. The van der Waals surface area contributed by atoms with Crippen LogP contribution in [-0.2, 0) is 0 Å². The minimum absolute atomic E-state index is 0.278. The van der Waals surface area contributed by atoms with E-state index in [0.717, 1.165) is 11.1 Å². The summed E-state index contributed by atoms with van der Waals surface area (Å²) in [6.45, 7) is 1.71. The molecule has 0 spiro atoms. The van der Waals surface area contributed by atoms with Gasteiger partial charge in [0, 0.05) is 34.6 Å². The van der Waals surface area contributed by atoms with Gasteiger partial charge in [0.2, 0.25) is 0 Å². The third-order valence-corrected chi connectivity index (χ3v) is 4.40. The first kappa shape index (κ1) is 16.0. The lowest BCUT2D eigenvalue weighted by molar-refractivity contribution is 0.1000. The summed E-state index contributed by atoms with van der Waals surface area (Å²) in [6.07, 6.45) is 6.79. The lowest BCUT2D eigenvalue weighted by Crippen LogP contribution is -2.16. The zero-order valence-corrected chi connectivity index (χ0v) is 14.0. The third kappa shape index (κ3) is 2.43. The van der Waals surface area contributed by atoms with Crippen LogP contribution in [0.2, 0.25) is 0 Å². The van der Waals surface area contributed by atoms with Crippen LogP contribution in [0.15, 0.2) is 61.3 Å². The number of benzene rings is 1. The number of primary amides is 1. The van der Waals surface area contributed by atoms with E-state index in [1.807, 2.05) is 22.7 Å². The van der Waals surface area contributed by atoms with Gasteiger partial charge in [-0.1, -0.05) is 24.3 Å². The number of carbonyl (C=O) groups is 1. The molecule has 0 aliphatic carbocycles. The maximum Gasteiger partial charge on any atom is 0.251 e. The Labute approximate surface area is 148 Å². The molecule has 0 fully saturated rings. The van der Waals surface area contributed by atoms with E-state index in [0.29, 0.717) is 22.4 Å². The average molecular weight is 346 g/mol. The SMILES string of the molecule is Cc1ncc(-c2ccccc2F)c(-c2cccn3cncc23)c1C(N)=O. The van der Waals surface area contributed by atoms with Gasteiger partial charge in [0.15, 0.2) is 0 Å². The van der Waals surface area contributed by atoms with Gasteiger partial charge in [-0.2, -0.15) is 0 Å². The Kier molecular flexibility index (Phi) is 3.73. The van der Waals surface area contributed by atoms with Crippen molar-refractivity contribution in [3.63, 3.8) is 0 Å². The number of imidazole rings is 1. The molecular weight excluding hydrogens is 331 g/mol. The van der Waals surface area contributed by atoms with Gasteiger partial charge in [0.1, 0.15) is 5.82 Å². The highest BCUT2D eigenvalue weighted by molar-refractivity contribution is 6.06. The monoisotopic (exact) mass is 346 g/mol. The van der Waals surface area contributed by atoms with Crippen LogP contribution in [0.25, 0.3) is 27.8 Å². The van der Waals surface area contributed by atoms with E-state index in [1.165, 1.54) is 6.07 Å². The van der Waals surface area contributed by atoms with Crippen molar-refractivity contribution in [2.45, 2.75) is 6.92 Å². The number of nitrogens with two attached hydrogens (primary N) is 1. The number of aryl methyl sites for hydroxylation is 1. The van der Waals surface area contributed by atoms with Crippen molar-refractivity contribution < 1.29 is 9.18 Å². The van der Waals surface area contributed by atoms with E-state index < -0.39 is 11.7 Å². The number of nitrogens with zero attached hydrogens (tertiary/aromatic N) is 3. The Morgan fingerprint density at radius 1 is 1.08 bits per heavy atom. The first-order valence-corrected chi connectivity index (χ1v) is 8.03. The summed E-state index contributed by atoms with van der Waals surface area (Å²) < 4.78 is 16.3. The second-order valence-corrected chi connectivity index (χ2v) is 5.96. The Morgan fingerprint density at radius 2 is 1.85 bits per heavy atom. The number of fused-ring (bicyclic) bond motifs is 1. The molecule has 1 aromatic carbocycles. The maximum atomic E-state index is 14.5.